The molecule has 0 aliphatic carbocycles. The number of rotatable bonds is 4. The third-order valence-corrected chi connectivity index (χ3v) is 4.83. The van der Waals surface area contributed by atoms with Crippen molar-refractivity contribution in [3.8, 4) is 0 Å². The predicted molar refractivity (Wildman–Crippen MR) is 73.7 cm³/mol. The molecule has 0 saturated carbocycles. The first-order chi connectivity index (χ1) is 8.16. The Labute approximate surface area is 116 Å². The van der Waals surface area contributed by atoms with Crippen LogP contribution in [0.5, 0.6) is 0 Å². The molecule has 2 heterocycles. The maximum absolute atomic E-state index is 11.9. The predicted octanol–water partition coefficient (Wildman–Crippen LogP) is 0.649. The third kappa shape index (κ3) is 5.40. The molecule has 2 rings (SSSR count). The molecule has 2 N–H and O–H groups in total. The Bertz CT molecular complexity index is 299. The molecule has 18 heavy (non-hydrogen) atoms. The summed E-state index contributed by atoms with van der Waals surface area (Å²) >= 11 is 0. The summed E-state index contributed by atoms with van der Waals surface area (Å²) < 4.78 is 32.1. The molecule has 7 heteroatoms. The smallest absolute Gasteiger partial charge is 0.214 e. The maximum Gasteiger partial charge on any atom is 0.214 e. The van der Waals surface area contributed by atoms with Crippen LogP contribution in [0.1, 0.15) is 32.1 Å². The molecule has 2 fully saturated rings. The van der Waals surface area contributed by atoms with E-state index in [-0.39, 0.29) is 30.3 Å². The van der Waals surface area contributed by atoms with Gasteiger partial charge >= 0.3 is 0 Å². The first-order valence-corrected chi connectivity index (χ1v) is 8.13. The zero-order valence-electron chi connectivity index (χ0n) is 10.6. The number of sulfonamides is 1. The summed E-state index contributed by atoms with van der Waals surface area (Å²) in [6, 6.07) is 0.0531. The highest BCUT2D eigenvalue weighted by Crippen LogP contribution is 2.14. The van der Waals surface area contributed by atoms with Gasteiger partial charge in [0.05, 0.1) is 11.9 Å². The molecule has 108 valence electrons. The summed E-state index contributed by atoms with van der Waals surface area (Å²) in [5, 5.41) is 3.20. The van der Waals surface area contributed by atoms with E-state index in [0.29, 0.717) is 6.61 Å². The Balaban J connectivity index is 0.00000162. The zero-order valence-corrected chi connectivity index (χ0v) is 12.2. The van der Waals surface area contributed by atoms with Crippen molar-refractivity contribution < 1.29 is 13.2 Å². The Morgan fingerprint density at radius 1 is 1.22 bits per heavy atom. The zero-order chi connectivity index (χ0) is 12.1. The maximum atomic E-state index is 11.9. The number of halogens is 1. The Hall–Kier alpha value is 0.120. The summed E-state index contributed by atoms with van der Waals surface area (Å²) in [6.45, 7) is 2.43. The molecular weight excluding hydrogens is 276 g/mol. The normalized spacial score (nSPS) is 29.6. The van der Waals surface area contributed by atoms with Gasteiger partial charge in [0.2, 0.25) is 10.0 Å². The van der Waals surface area contributed by atoms with Gasteiger partial charge in [-0.15, -0.1) is 12.4 Å². The van der Waals surface area contributed by atoms with E-state index in [2.05, 4.69) is 10.0 Å². The van der Waals surface area contributed by atoms with Crippen LogP contribution in [-0.4, -0.2) is 46.0 Å². The monoisotopic (exact) mass is 298 g/mol. The van der Waals surface area contributed by atoms with E-state index >= 15 is 0 Å². The van der Waals surface area contributed by atoms with E-state index in [0.717, 1.165) is 45.2 Å². The van der Waals surface area contributed by atoms with Crippen molar-refractivity contribution in [1.29, 1.82) is 0 Å². The van der Waals surface area contributed by atoms with Crippen molar-refractivity contribution in [1.82, 2.24) is 10.0 Å². The molecule has 0 spiro atoms. The van der Waals surface area contributed by atoms with E-state index in [1.807, 2.05) is 0 Å². The highest BCUT2D eigenvalue weighted by molar-refractivity contribution is 7.89. The Morgan fingerprint density at radius 3 is 2.67 bits per heavy atom. The number of hydrogen-bond acceptors (Lipinski definition) is 4. The van der Waals surface area contributed by atoms with Crippen LogP contribution in [0.2, 0.25) is 0 Å². The lowest BCUT2D eigenvalue weighted by molar-refractivity contribution is 0.0303. The lowest BCUT2D eigenvalue weighted by Gasteiger charge is -2.26. The van der Waals surface area contributed by atoms with Crippen molar-refractivity contribution in [3.05, 3.63) is 0 Å². The van der Waals surface area contributed by atoms with Gasteiger partial charge in [-0.05, 0) is 38.6 Å². The molecule has 0 amide bonds. The lowest BCUT2D eigenvalue weighted by Crippen LogP contribution is -2.47. The second-order valence-corrected chi connectivity index (χ2v) is 6.73. The van der Waals surface area contributed by atoms with Crippen molar-refractivity contribution >= 4 is 22.4 Å². The van der Waals surface area contributed by atoms with E-state index in [4.69, 9.17) is 4.74 Å². The van der Waals surface area contributed by atoms with Gasteiger partial charge in [0.1, 0.15) is 0 Å². The van der Waals surface area contributed by atoms with Crippen molar-refractivity contribution in [2.45, 2.75) is 44.2 Å². The molecule has 1 unspecified atom stereocenters. The summed E-state index contributed by atoms with van der Waals surface area (Å²) in [5.41, 5.74) is 0. The minimum Gasteiger partial charge on any atom is -0.377 e. The third-order valence-electron chi connectivity index (χ3n) is 3.32. The van der Waals surface area contributed by atoms with Crippen LogP contribution in [-0.2, 0) is 14.8 Å². The number of hydrogen-bond donors (Lipinski definition) is 2. The summed E-state index contributed by atoms with van der Waals surface area (Å²) in [4.78, 5) is 0. The lowest BCUT2D eigenvalue weighted by atomic mass is 10.1. The second-order valence-electron chi connectivity index (χ2n) is 4.93. The topological polar surface area (TPSA) is 67.4 Å². The van der Waals surface area contributed by atoms with Crippen molar-refractivity contribution in [2.75, 3.05) is 25.4 Å². The molecule has 0 aromatic rings. The van der Waals surface area contributed by atoms with Crippen LogP contribution in [0, 0.1) is 0 Å². The molecule has 0 bridgehead atoms. The van der Waals surface area contributed by atoms with Gasteiger partial charge < -0.3 is 10.1 Å². The molecule has 2 saturated heterocycles. The number of ether oxygens (including phenoxy) is 1. The van der Waals surface area contributed by atoms with Crippen molar-refractivity contribution in [2.24, 2.45) is 0 Å². The quantitative estimate of drug-likeness (QED) is 0.800. The molecule has 0 aromatic carbocycles. The standard InChI is InChI=1S/C11H22N2O3S.ClH/c14-17(15,9-11-5-1-2-7-16-11)13-10-4-3-6-12-8-10;/h10-13H,1-9H2;1H/t10-,11?;/m1./s1. The highest BCUT2D eigenvalue weighted by atomic mass is 35.5. The van der Waals surface area contributed by atoms with Crippen LogP contribution in [0.25, 0.3) is 0 Å². The SMILES string of the molecule is Cl.O=S(=O)(CC1CCCCO1)N[C@@H]1CCCNC1. The van der Waals surface area contributed by atoms with Gasteiger partial charge in [-0.25, -0.2) is 13.1 Å². The van der Waals surface area contributed by atoms with E-state index in [1.54, 1.807) is 0 Å². The Kier molecular flexibility index (Phi) is 6.87. The van der Waals surface area contributed by atoms with Crippen LogP contribution in [0.3, 0.4) is 0 Å². The first-order valence-electron chi connectivity index (χ1n) is 6.48. The van der Waals surface area contributed by atoms with Gasteiger partial charge in [0.25, 0.3) is 0 Å². The second kappa shape index (κ2) is 7.65. The molecule has 0 aromatic heterocycles. The van der Waals surface area contributed by atoms with Gasteiger partial charge in [-0.1, -0.05) is 0 Å². The molecule has 2 aliphatic heterocycles. The largest absolute Gasteiger partial charge is 0.377 e. The van der Waals surface area contributed by atoms with Gasteiger partial charge in [-0.2, -0.15) is 0 Å². The van der Waals surface area contributed by atoms with Crippen LogP contribution >= 0.6 is 12.4 Å². The summed E-state index contributed by atoms with van der Waals surface area (Å²) in [7, 11) is -3.20. The summed E-state index contributed by atoms with van der Waals surface area (Å²) in [6.07, 6.45) is 4.84. The van der Waals surface area contributed by atoms with Gasteiger partial charge in [0, 0.05) is 19.2 Å². The average molecular weight is 299 g/mol. The van der Waals surface area contributed by atoms with Crippen molar-refractivity contribution in [3.63, 3.8) is 0 Å². The minimum atomic E-state index is -3.20. The minimum absolute atomic E-state index is 0. The molecular formula is C11H23ClN2O3S. The number of nitrogens with one attached hydrogen (secondary N) is 2. The van der Waals surface area contributed by atoms with Crippen LogP contribution < -0.4 is 10.0 Å². The number of piperidine rings is 1. The Morgan fingerprint density at radius 2 is 2.06 bits per heavy atom. The van der Waals surface area contributed by atoms with E-state index in [9.17, 15) is 8.42 Å². The van der Waals surface area contributed by atoms with E-state index < -0.39 is 10.0 Å². The first kappa shape index (κ1) is 16.2. The fourth-order valence-corrected chi connectivity index (χ4v) is 4.00. The fraction of sp³-hybridized carbons (Fsp3) is 1.00. The average Bonchev–Trinajstić information content (AvgIpc) is 2.30. The van der Waals surface area contributed by atoms with Gasteiger partial charge in [0.15, 0.2) is 0 Å². The van der Waals surface area contributed by atoms with E-state index in [1.165, 1.54) is 0 Å². The molecule has 2 aliphatic rings. The highest BCUT2D eigenvalue weighted by Gasteiger charge is 2.25. The molecule has 0 radical (unpaired) electrons. The summed E-state index contributed by atoms with van der Waals surface area (Å²) in [5.74, 6) is 0.115. The fourth-order valence-electron chi connectivity index (χ4n) is 2.44. The van der Waals surface area contributed by atoms with Crippen LogP contribution in [0.15, 0.2) is 0 Å². The van der Waals surface area contributed by atoms with Crippen LogP contribution in [0.4, 0.5) is 0 Å². The molecule has 5 nitrogen and oxygen atoms in total. The van der Waals surface area contributed by atoms with Gasteiger partial charge in [-0.3, -0.25) is 0 Å². The molecule has 2 atom stereocenters.